The van der Waals surface area contributed by atoms with E-state index in [9.17, 15) is 9.50 Å². The average Bonchev–Trinajstić information content (AvgIpc) is 3.22. The van der Waals surface area contributed by atoms with Gasteiger partial charge in [-0.15, -0.1) is 24.0 Å². The number of rotatable bonds is 4. The van der Waals surface area contributed by atoms with E-state index in [0.717, 1.165) is 25.6 Å². The molecule has 1 atom stereocenters. The van der Waals surface area contributed by atoms with Crippen molar-refractivity contribution in [3.05, 3.63) is 35.6 Å². The summed E-state index contributed by atoms with van der Waals surface area (Å²) in [6, 6.07) is 5.98. The minimum atomic E-state index is -0.706. The highest BCUT2D eigenvalue weighted by atomic mass is 127. The zero-order chi connectivity index (χ0) is 17.0. The third-order valence-electron chi connectivity index (χ3n) is 5.41. The number of nitrogens with zero attached hydrogens (tertiary/aromatic N) is 2. The lowest BCUT2D eigenvalue weighted by molar-refractivity contribution is 0.186. The predicted octanol–water partition coefficient (Wildman–Crippen LogP) is 3.71. The molecule has 1 unspecified atom stereocenters. The molecule has 1 aromatic carbocycles. The molecule has 0 amide bonds. The Balaban J connectivity index is 0.00000225. The Morgan fingerprint density at radius 2 is 1.96 bits per heavy atom. The van der Waals surface area contributed by atoms with Gasteiger partial charge in [-0.05, 0) is 49.3 Å². The molecule has 1 saturated carbocycles. The van der Waals surface area contributed by atoms with Crippen molar-refractivity contribution in [3.8, 4) is 0 Å². The second-order valence-electron chi connectivity index (χ2n) is 7.14. The first-order chi connectivity index (χ1) is 11.6. The molecule has 4 nitrogen and oxygen atoms in total. The van der Waals surface area contributed by atoms with Crippen LogP contribution in [0, 0.1) is 11.2 Å². The van der Waals surface area contributed by atoms with E-state index in [1.54, 1.807) is 12.1 Å². The van der Waals surface area contributed by atoms with E-state index < -0.39 is 6.10 Å². The number of aliphatic hydroxyl groups excluding tert-OH is 1. The summed E-state index contributed by atoms with van der Waals surface area (Å²) in [5.74, 6) is 0.601. The fourth-order valence-electron chi connectivity index (χ4n) is 4.04. The van der Waals surface area contributed by atoms with Gasteiger partial charge in [0, 0.05) is 19.6 Å². The minimum absolute atomic E-state index is 0. The van der Waals surface area contributed by atoms with Crippen molar-refractivity contribution in [1.82, 2.24) is 10.2 Å². The van der Waals surface area contributed by atoms with Crippen molar-refractivity contribution in [3.63, 3.8) is 0 Å². The van der Waals surface area contributed by atoms with Crippen LogP contribution in [0.15, 0.2) is 29.3 Å². The molecule has 1 saturated heterocycles. The number of aliphatic imine (C=N–C) groups is 1. The third-order valence-corrected chi connectivity index (χ3v) is 5.41. The maximum atomic E-state index is 13.0. The molecular formula is C19H29FIN3O. The molecule has 0 aromatic heterocycles. The second kappa shape index (κ2) is 9.16. The number of halogens is 2. The van der Waals surface area contributed by atoms with Gasteiger partial charge in [0.1, 0.15) is 5.82 Å². The van der Waals surface area contributed by atoms with Crippen LogP contribution < -0.4 is 5.32 Å². The van der Waals surface area contributed by atoms with Gasteiger partial charge in [0.25, 0.3) is 0 Å². The van der Waals surface area contributed by atoms with E-state index in [0.29, 0.717) is 11.0 Å². The summed E-state index contributed by atoms with van der Waals surface area (Å²) in [7, 11) is 0. The maximum absolute atomic E-state index is 13.0. The lowest BCUT2D eigenvalue weighted by Gasteiger charge is -2.26. The molecule has 2 fully saturated rings. The van der Waals surface area contributed by atoms with Gasteiger partial charge in [-0.25, -0.2) is 4.39 Å². The fraction of sp³-hybridized carbons (Fsp3) is 0.632. The van der Waals surface area contributed by atoms with Gasteiger partial charge in [-0.2, -0.15) is 0 Å². The molecule has 1 aliphatic heterocycles. The number of hydrogen-bond acceptors (Lipinski definition) is 2. The van der Waals surface area contributed by atoms with Crippen molar-refractivity contribution in [2.45, 2.75) is 45.1 Å². The Kier molecular flexibility index (Phi) is 7.49. The first-order valence-corrected chi connectivity index (χ1v) is 9.09. The van der Waals surface area contributed by atoms with Crippen molar-refractivity contribution < 1.29 is 9.50 Å². The molecule has 1 heterocycles. The molecule has 1 aliphatic carbocycles. The normalized spacial score (nSPS) is 20.6. The van der Waals surface area contributed by atoms with Crippen LogP contribution >= 0.6 is 24.0 Å². The first kappa shape index (κ1) is 20.4. The number of hydrogen-bond donors (Lipinski definition) is 2. The lowest BCUT2D eigenvalue weighted by Crippen LogP contribution is -2.41. The molecule has 2 aliphatic rings. The third kappa shape index (κ3) is 5.06. The fourth-order valence-corrected chi connectivity index (χ4v) is 4.04. The standard InChI is InChI=1S/C19H28FN3O.HI/c1-2-21-18(23-12-11-19(14-23)9-3-4-10-19)22-13-17(24)15-5-7-16(20)8-6-15;/h5-8,17,24H,2-4,9-14H2,1H3,(H,21,22);1H. The molecule has 25 heavy (non-hydrogen) atoms. The Morgan fingerprint density at radius 1 is 1.28 bits per heavy atom. The highest BCUT2D eigenvalue weighted by Gasteiger charge is 2.41. The molecule has 0 bridgehead atoms. The van der Waals surface area contributed by atoms with Gasteiger partial charge in [-0.1, -0.05) is 25.0 Å². The predicted molar refractivity (Wildman–Crippen MR) is 110 cm³/mol. The van der Waals surface area contributed by atoms with Crippen LogP contribution in [0.3, 0.4) is 0 Å². The van der Waals surface area contributed by atoms with Crippen LogP contribution in [0.4, 0.5) is 4.39 Å². The zero-order valence-electron chi connectivity index (χ0n) is 14.9. The van der Waals surface area contributed by atoms with E-state index in [4.69, 9.17) is 0 Å². The molecular weight excluding hydrogens is 432 g/mol. The smallest absolute Gasteiger partial charge is 0.194 e. The Hall–Kier alpha value is -0.890. The minimum Gasteiger partial charge on any atom is -0.386 e. The zero-order valence-corrected chi connectivity index (χ0v) is 17.2. The van der Waals surface area contributed by atoms with Crippen LogP contribution in [0.1, 0.15) is 50.7 Å². The summed E-state index contributed by atoms with van der Waals surface area (Å²) in [6.45, 7) is 5.28. The van der Waals surface area contributed by atoms with Crippen LogP contribution in [0.5, 0.6) is 0 Å². The number of likely N-dealkylation sites (tertiary alicyclic amines) is 1. The quantitative estimate of drug-likeness (QED) is 0.409. The lowest BCUT2D eigenvalue weighted by atomic mass is 9.86. The van der Waals surface area contributed by atoms with Crippen molar-refractivity contribution >= 4 is 29.9 Å². The Bertz CT molecular complexity index is 573. The van der Waals surface area contributed by atoms with Crippen molar-refractivity contribution in [2.24, 2.45) is 10.4 Å². The van der Waals surface area contributed by atoms with Crippen molar-refractivity contribution in [1.29, 1.82) is 0 Å². The first-order valence-electron chi connectivity index (χ1n) is 9.09. The monoisotopic (exact) mass is 461 g/mol. The number of nitrogens with one attached hydrogen (secondary N) is 1. The van der Waals surface area contributed by atoms with Crippen LogP contribution in [-0.2, 0) is 0 Å². The van der Waals surface area contributed by atoms with Crippen LogP contribution in [-0.4, -0.2) is 42.1 Å². The van der Waals surface area contributed by atoms with E-state index in [1.807, 2.05) is 0 Å². The molecule has 0 radical (unpaired) electrons. The summed E-state index contributed by atoms with van der Waals surface area (Å²) < 4.78 is 13.0. The van der Waals surface area contributed by atoms with Crippen molar-refractivity contribution in [2.75, 3.05) is 26.2 Å². The molecule has 3 rings (SSSR count). The van der Waals surface area contributed by atoms with Gasteiger partial charge < -0.3 is 15.3 Å². The largest absolute Gasteiger partial charge is 0.386 e. The molecule has 1 aromatic rings. The Labute approximate surface area is 166 Å². The van der Waals surface area contributed by atoms with E-state index >= 15 is 0 Å². The van der Waals surface area contributed by atoms with Gasteiger partial charge in [0.15, 0.2) is 5.96 Å². The number of guanidine groups is 1. The van der Waals surface area contributed by atoms with Crippen LogP contribution in [0.2, 0.25) is 0 Å². The van der Waals surface area contributed by atoms with Gasteiger partial charge >= 0.3 is 0 Å². The summed E-state index contributed by atoms with van der Waals surface area (Å²) in [6.07, 6.45) is 5.91. The molecule has 2 N–H and O–H groups in total. The average molecular weight is 461 g/mol. The van der Waals surface area contributed by atoms with E-state index in [-0.39, 0.29) is 36.3 Å². The van der Waals surface area contributed by atoms with Gasteiger partial charge in [0.2, 0.25) is 0 Å². The Morgan fingerprint density at radius 3 is 2.60 bits per heavy atom. The summed E-state index contributed by atoms with van der Waals surface area (Å²) in [5, 5.41) is 13.7. The maximum Gasteiger partial charge on any atom is 0.194 e. The summed E-state index contributed by atoms with van der Waals surface area (Å²) in [5.41, 5.74) is 1.19. The number of aliphatic hydroxyl groups is 1. The summed E-state index contributed by atoms with van der Waals surface area (Å²) in [4.78, 5) is 6.98. The molecule has 6 heteroatoms. The number of benzene rings is 1. The van der Waals surface area contributed by atoms with E-state index in [2.05, 4.69) is 22.1 Å². The highest BCUT2D eigenvalue weighted by Crippen LogP contribution is 2.45. The molecule has 140 valence electrons. The highest BCUT2D eigenvalue weighted by molar-refractivity contribution is 14.0. The van der Waals surface area contributed by atoms with Gasteiger partial charge in [0.05, 0.1) is 12.6 Å². The topological polar surface area (TPSA) is 47.9 Å². The van der Waals surface area contributed by atoms with Crippen LogP contribution in [0.25, 0.3) is 0 Å². The second-order valence-corrected chi connectivity index (χ2v) is 7.14. The summed E-state index contributed by atoms with van der Waals surface area (Å²) >= 11 is 0. The van der Waals surface area contributed by atoms with E-state index in [1.165, 1.54) is 44.2 Å². The molecule has 1 spiro atoms. The SMILES string of the molecule is CCNC(=NCC(O)c1ccc(F)cc1)N1CCC2(CCCC2)C1.I. The van der Waals surface area contributed by atoms with Gasteiger partial charge in [-0.3, -0.25) is 4.99 Å².